The number of aliphatic hydroxyl groups excluding tert-OH is 1. The second-order valence-corrected chi connectivity index (χ2v) is 18.5. The van der Waals surface area contributed by atoms with Gasteiger partial charge in [0.1, 0.15) is 6.10 Å². The summed E-state index contributed by atoms with van der Waals surface area (Å²) in [4.78, 5) is 12.6. The lowest BCUT2D eigenvalue weighted by Gasteiger charge is -2.49. The van der Waals surface area contributed by atoms with Gasteiger partial charge in [-0.2, -0.15) is 0 Å². The molecule has 6 aliphatic rings. The highest BCUT2D eigenvalue weighted by molar-refractivity contribution is 6.02. The maximum atomic E-state index is 12.6. The minimum atomic E-state index is -0.932. The molecule has 9 nitrogen and oxygen atoms in total. The number of para-hydroxylation sites is 1. The Hall–Kier alpha value is -2.63. The molecule has 1 aromatic carbocycles. The smallest absolute Gasteiger partial charge is 0.232 e. The molecular formula is C47H67NO8. The molecular weight excluding hydrogens is 707 g/mol. The number of carbonyl (C=O) groups is 1. The predicted octanol–water partition coefficient (Wildman–Crippen LogP) is 8.40. The minimum absolute atomic E-state index is 0.0401. The average molecular weight is 774 g/mol. The van der Waals surface area contributed by atoms with Crippen LogP contribution in [0.4, 0.5) is 5.69 Å². The lowest BCUT2D eigenvalue weighted by molar-refractivity contribution is -0.273. The molecule has 9 heteroatoms. The molecule has 308 valence electrons. The number of allylic oxidation sites excluding steroid dienone is 7. The van der Waals surface area contributed by atoms with Crippen molar-refractivity contribution in [2.75, 3.05) is 5.32 Å². The summed E-state index contributed by atoms with van der Waals surface area (Å²) in [7, 11) is 0. The van der Waals surface area contributed by atoms with Gasteiger partial charge in [-0.15, -0.1) is 0 Å². The molecule has 7 rings (SSSR count). The molecule has 14 atom stereocenters. The van der Waals surface area contributed by atoms with Crippen LogP contribution in [0.5, 0.6) is 0 Å². The van der Waals surface area contributed by atoms with Gasteiger partial charge in [0.2, 0.25) is 5.91 Å². The highest BCUT2D eigenvalue weighted by Crippen LogP contribution is 2.49. The molecule has 0 saturated carbocycles. The molecule has 1 amide bonds. The zero-order valence-corrected chi connectivity index (χ0v) is 34.6. The predicted molar refractivity (Wildman–Crippen MR) is 218 cm³/mol. The van der Waals surface area contributed by atoms with Crippen molar-refractivity contribution >= 4 is 11.6 Å². The van der Waals surface area contributed by atoms with Gasteiger partial charge in [0.15, 0.2) is 0 Å². The van der Waals surface area contributed by atoms with Gasteiger partial charge >= 0.3 is 0 Å². The summed E-state index contributed by atoms with van der Waals surface area (Å²) >= 11 is 0. The number of nitrogens with one attached hydrogen (secondary N) is 1. The van der Waals surface area contributed by atoms with Crippen molar-refractivity contribution in [2.45, 2.75) is 196 Å². The van der Waals surface area contributed by atoms with Gasteiger partial charge in [-0.1, -0.05) is 73.2 Å². The third-order valence-electron chi connectivity index (χ3n) is 14.2. The monoisotopic (exact) mass is 773 g/mol. The molecule has 0 aromatic heterocycles. The first-order chi connectivity index (χ1) is 26.7. The Bertz CT molecular complexity index is 1670. The van der Waals surface area contributed by atoms with Gasteiger partial charge in [-0.3, -0.25) is 4.79 Å². The molecule has 0 bridgehead atoms. The highest BCUT2D eigenvalue weighted by atomic mass is 16.6. The van der Waals surface area contributed by atoms with Gasteiger partial charge in [0.05, 0.1) is 71.6 Å². The maximum absolute atomic E-state index is 12.6. The standard InChI is InChI=1S/C47H67NO8/c1-8-9-10-11-19-40-45(5,51)24-22-37-38(52-40)23-25-46(6)42(53-37)27-39-43(56-46)35(49)28-47(7)41(54-39)26-31(4)36(55-47)18-14-15-29(2)30(3)20-21-33-32-16-12-13-17-34(32)48-44(33)50/h8-10,12-13,15-17,20,31,33,35-43,49,51H,1,11,14,18-19,21-28H2,2-7H3,(H,48,50)/b10-9-,29-15+,30-20+. The molecule has 5 saturated heterocycles. The van der Waals surface area contributed by atoms with E-state index in [0.717, 1.165) is 56.2 Å². The Morgan fingerprint density at radius 1 is 0.911 bits per heavy atom. The van der Waals surface area contributed by atoms with E-state index in [1.165, 1.54) is 11.1 Å². The van der Waals surface area contributed by atoms with Crippen LogP contribution in [0.15, 0.2) is 72.4 Å². The number of amides is 1. The zero-order chi connectivity index (χ0) is 39.8. The topological polar surface area (TPSA) is 116 Å². The number of rotatable bonds is 10. The number of hydrogen-bond acceptors (Lipinski definition) is 8. The van der Waals surface area contributed by atoms with E-state index >= 15 is 0 Å². The zero-order valence-electron chi connectivity index (χ0n) is 34.6. The van der Waals surface area contributed by atoms with Crippen LogP contribution < -0.4 is 5.32 Å². The average Bonchev–Trinajstić information content (AvgIpc) is 3.26. The third kappa shape index (κ3) is 8.70. The first-order valence-electron chi connectivity index (χ1n) is 21.4. The fourth-order valence-electron chi connectivity index (χ4n) is 10.4. The normalized spacial score (nSPS) is 42.9. The minimum Gasteiger partial charge on any atom is -0.390 e. The number of benzene rings is 1. The summed E-state index contributed by atoms with van der Waals surface area (Å²) in [6.07, 6.45) is 16.5. The quantitative estimate of drug-likeness (QED) is 0.203. The second kappa shape index (κ2) is 16.9. The van der Waals surface area contributed by atoms with Crippen LogP contribution in [0.1, 0.15) is 130 Å². The molecule has 3 N–H and O–H groups in total. The van der Waals surface area contributed by atoms with E-state index in [0.29, 0.717) is 32.1 Å². The number of hydrogen-bond donors (Lipinski definition) is 3. The fourth-order valence-corrected chi connectivity index (χ4v) is 10.4. The Kier molecular flexibility index (Phi) is 12.5. The second-order valence-electron chi connectivity index (χ2n) is 18.5. The van der Waals surface area contributed by atoms with E-state index in [1.54, 1.807) is 6.08 Å². The number of aliphatic hydroxyl groups is 2. The summed E-state index contributed by atoms with van der Waals surface area (Å²) in [5.41, 5.74) is 2.23. The van der Waals surface area contributed by atoms with Crippen molar-refractivity contribution in [1.29, 1.82) is 0 Å². The van der Waals surface area contributed by atoms with E-state index < -0.39 is 29.0 Å². The van der Waals surface area contributed by atoms with E-state index in [2.05, 4.69) is 64.7 Å². The van der Waals surface area contributed by atoms with Crippen molar-refractivity contribution in [1.82, 2.24) is 0 Å². The van der Waals surface area contributed by atoms with E-state index in [1.807, 2.05) is 37.3 Å². The van der Waals surface area contributed by atoms with Crippen molar-refractivity contribution in [3.63, 3.8) is 0 Å². The van der Waals surface area contributed by atoms with Crippen molar-refractivity contribution < 1.29 is 38.7 Å². The van der Waals surface area contributed by atoms with Crippen LogP contribution in [-0.2, 0) is 28.5 Å². The number of anilines is 1. The third-order valence-corrected chi connectivity index (χ3v) is 14.2. The number of fused-ring (bicyclic) bond motifs is 5. The molecule has 6 heterocycles. The largest absolute Gasteiger partial charge is 0.390 e. The first-order valence-corrected chi connectivity index (χ1v) is 21.4. The highest BCUT2D eigenvalue weighted by Gasteiger charge is 2.58. The molecule has 6 aliphatic heterocycles. The van der Waals surface area contributed by atoms with Crippen LogP contribution >= 0.6 is 0 Å². The summed E-state index contributed by atoms with van der Waals surface area (Å²) < 4.78 is 34.5. The molecule has 14 unspecified atom stereocenters. The van der Waals surface area contributed by atoms with Crippen LogP contribution in [0.3, 0.4) is 0 Å². The molecule has 0 radical (unpaired) electrons. The Morgan fingerprint density at radius 3 is 2.43 bits per heavy atom. The molecule has 0 spiro atoms. The van der Waals surface area contributed by atoms with Crippen LogP contribution in [0, 0.1) is 5.92 Å². The molecule has 1 aromatic rings. The fraction of sp³-hybridized carbons (Fsp3) is 0.681. The maximum Gasteiger partial charge on any atom is 0.232 e. The van der Waals surface area contributed by atoms with E-state index in [4.69, 9.17) is 23.7 Å². The van der Waals surface area contributed by atoms with Crippen LogP contribution in [0.2, 0.25) is 0 Å². The van der Waals surface area contributed by atoms with Crippen molar-refractivity contribution in [3.8, 4) is 0 Å². The van der Waals surface area contributed by atoms with Gasteiger partial charge < -0.3 is 39.2 Å². The van der Waals surface area contributed by atoms with Gasteiger partial charge in [0, 0.05) is 18.5 Å². The molecule has 0 aliphatic carbocycles. The van der Waals surface area contributed by atoms with E-state index in [9.17, 15) is 15.0 Å². The van der Waals surface area contributed by atoms with Crippen LogP contribution in [0.25, 0.3) is 0 Å². The Morgan fingerprint density at radius 2 is 1.62 bits per heavy atom. The summed E-state index contributed by atoms with van der Waals surface area (Å²) in [6.45, 7) is 16.4. The molecule has 5 fully saturated rings. The Labute approximate surface area is 334 Å². The SMILES string of the molecule is C=C/C=C\CCC1OC2CCC3(C)OC4C(O)CC5(C)OC(CC/C=C(C)/C(C)=C/CC6C(=O)Nc7ccccc76)C(C)CC5OC4CC3OC2CCC1(C)O. The van der Waals surface area contributed by atoms with Gasteiger partial charge in [0.25, 0.3) is 0 Å². The van der Waals surface area contributed by atoms with Crippen LogP contribution in [-0.4, -0.2) is 87.9 Å². The van der Waals surface area contributed by atoms with Crippen molar-refractivity contribution in [3.05, 3.63) is 77.9 Å². The summed E-state index contributed by atoms with van der Waals surface area (Å²) in [6, 6.07) is 7.95. The molecule has 56 heavy (non-hydrogen) atoms. The van der Waals surface area contributed by atoms with E-state index in [-0.39, 0.29) is 60.5 Å². The lowest BCUT2D eigenvalue weighted by atomic mass is 9.79. The number of ether oxygens (including phenoxy) is 5. The Balaban J connectivity index is 0.964. The summed E-state index contributed by atoms with van der Waals surface area (Å²) in [5.74, 6) is 0.206. The van der Waals surface area contributed by atoms with Crippen molar-refractivity contribution in [2.24, 2.45) is 5.92 Å². The lowest BCUT2D eigenvalue weighted by Crippen LogP contribution is -2.59. The van der Waals surface area contributed by atoms with Gasteiger partial charge in [-0.25, -0.2) is 0 Å². The first kappa shape index (κ1) is 41.5. The summed E-state index contributed by atoms with van der Waals surface area (Å²) in [5, 5.41) is 26.3. The number of carbonyl (C=O) groups excluding carboxylic acids is 1. The van der Waals surface area contributed by atoms with Gasteiger partial charge in [-0.05, 0) is 116 Å².